The summed E-state index contributed by atoms with van der Waals surface area (Å²) < 4.78 is 7.03. The van der Waals surface area contributed by atoms with Gasteiger partial charge < -0.3 is 10.1 Å². The Hall–Kier alpha value is -0.940. The van der Waals surface area contributed by atoms with E-state index in [1.807, 2.05) is 4.68 Å². The van der Waals surface area contributed by atoms with Gasteiger partial charge in [0, 0.05) is 33.2 Å². The molecule has 0 radical (unpaired) electrons. The zero-order valence-corrected chi connectivity index (χ0v) is 10.8. The van der Waals surface area contributed by atoms with Gasteiger partial charge in [-0.25, -0.2) is 4.98 Å². The topological polar surface area (TPSA) is 52.0 Å². The fraction of sp³-hybridized carbons (Fsp3) is 0.833. The molecule has 1 saturated carbocycles. The van der Waals surface area contributed by atoms with Gasteiger partial charge in [0.25, 0.3) is 0 Å². The van der Waals surface area contributed by atoms with Crippen molar-refractivity contribution >= 4 is 0 Å². The molecule has 1 aliphatic rings. The second-order valence-electron chi connectivity index (χ2n) is 4.84. The monoisotopic (exact) mass is 238 g/mol. The van der Waals surface area contributed by atoms with Gasteiger partial charge in [-0.15, -0.1) is 0 Å². The molecule has 1 aliphatic carbocycles. The SMILES string of the molecule is CCn1ncnc1CC1(CNCCOC)CC1. The van der Waals surface area contributed by atoms with E-state index in [-0.39, 0.29) is 0 Å². The standard InChI is InChI=1S/C12H22N4O/c1-3-16-11(14-10-15-16)8-12(4-5-12)9-13-6-7-17-2/h10,13H,3-9H2,1-2H3. The number of aromatic nitrogens is 3. The Morgan fingerprint density at radius 3 is 3.00 bits per heavy atom. The molecule has 1 N–H and O–H groups in total. The maximum atomic E-state index is 5.03. The number of hydrogen-bond acceptors (Lipinski definition) is 4. The Morgan fingerprint density at radius 1 is 1.53 bits per heavy atom. The second kappa shape index (κ2) is 5.60. The summed E-state index contributed by atoms with van der Waals surface area (Å²) >= 11 is 0. The van der Waals surface area contributed by atoms with Gasteiger partial charge >= 0.3 is 0 Å². The quantitative estimate of drug-likeness (QED) is 0.682. The van der Waals surface area contributed by atoms with E-state index >= 15 is 0 Å². The molecule has 17 heavy (non-hydrogen) atoms. The minimum Gasteiger partial charge on any atom is -0.383 e. The number of aryl methyl sites for hydroxylation is 1. The Balaban J connectivity index is 1.81. The van der Waals surface area contributed by atoms with E-state index in [0.717, 1.165) is 38.5 Å². The molecule has 0 amide bonds. The van der Waals surface area contributed by atoms with Gasteiger partial charge in [0.2, 0.25) is 0 Å². The van der Waals surface area contributed by atoms with Gasteiger partial charge in [-0.1, -0.05) is 0 Å². The van der Waals surface area contributed by atoms with Gasteiger partial charge in [0.05, 0.1) is 6.61 Å². The fourth-order valence-electron chi connectivity index (χ4n) is 2.15. The van der Waals surface area contributed by atoms with Crippen molar-refractivity contribution in [2.24, 2.45) is 5.41 Å². The van der Waals surface area contributed by atoms with Crippen LogP contribution < -0.4 is 5.32 Å². The largest absolute Gasteiger partial charge is 0.383 e. The van der Waals surface area contributed by atoms with E-state index in [1.165, 1.54) is 12.8 Å². The summed E-state index contributed by atoms with van der Waals surface area (Å²) in [6.45, 7) is 5.78. The second-order valence-corrected chi connectivity index (χ2v) is 4.84. The van der Waals surface area contributed by atoms with Gasteiger partial charge in [-0.2, -0.15) is 5.10 Å². The number of hydrogen-bond donors (Lipinski definition) is 1. The van der Waals surface area contributed by atoms with Gasteiger partial charge in [-0.05, 0) is 25.2 Å². The third-order valence-electron chi connectivity index (χ3n) is 3.47. The lowest BCUT2D eigenvalue weighted by molar-refractivity contribution is 0.197. The number of ether oxygens (including phenoxy) is 1. The van der Waals surface area contributed by atoms with Crippen LogP contribution in [0, 0.1) is 5.41 Å². The molecular weight excluding hydrogens is 216 g/mol. The molecule has 0 aliphatic heterocycles. The summed E-state index contributed by atoms with van der Waals surface area (Å²) in [5, 5.41) is 7.68. The molecule has 2 rings (SSSR count). The number of nitrogens with one attached hydrogen (secondary N) is 1. The predicted octanol–water partition coefficient (Wildman–Crippen LogP) is 0.857. The normalized spacial score (nSPS) is 17.3. The predicted molar refractivity (Wildman–Crippen MR) is 65.8 cm³/mol. The summed E-state index contributed by atoms with van der Waals surface area (Å²) in [6.07, 6.45) is 5.29. The summed E-state index contributed by atoms with van der Waals surface area (Å²) in [5.41, 5.74) is 0.424. The van der Waals surface area contributed by atoms with Crippen molar-refractivity contribution in [3.05, 3.63) is 12.2 Å². The molecule has 1 aromatic rings. The third kappa shape index (κ3) is 3.26. The van der Waals surface area contributed by atoms with Crippen molar-refractivity contribution in [2.45, 2.75) is 32.7 Å². The summed E-state index contributed by atoms with van der Waals surface area (Å²) in [7, 11) is 1.73. The lowest BCUT2D eigenvalue weighted by atomic mass is 10.0. The molecule has 0 unspecified atom stereocenters. The third-order valence-corrected chi connectivity index (χ3v) is 3.47. The first-order valence-corrected chi connectivity index (χ1v) is 6.36. The molecule has 5 heteroatoms. The maximum absolute atomic E-state index is 5.03. The average molecular weight is 238 g/mol. The van der Waals surface area contributed by atoms with E-state index < -0.39 is 0 Å². The molecule has 96 valence electrons. The van der Waals surface area contributed by atoms with Crippen molar-refractivity contribution in [1.29, 1.82) is 0 Å². The molecule has 0 atom stereocenters. The zero-order valence-electron chi connectivity index (χ0n) is 10.8. The molecule has 1 fully saturated rings. The lowest BCUT2D eigenvalue weighted by Crippen LogP contribution is -2.29. The molecule has 0 aromatic carbocycles. The lowest BCUT2D eigenvalue weighted by Gasteiger charge is -2.15. The number of methoxy groups -OCH3 is 1. The number of nitrogens with zero attached hydrogens (tertiary/aromatic N) is 3. The van der Waals surface area contributed by atoms with Crippen LogP contribution in [-0.2, 0) is 17.7 Å². The van der Waals surface area contributed by atoms with Crippen molar-refractivity contribution in [3.8, 4) is 0 Å². The van der Waals surface area contributed by atoms with Crippen LogP contribution in [0.1, 0.15) is 25.6 Å². The van der Waals surface area contributed by atoms with E-state index in [9.17, 15) is 0 Å². The first kappa shape index (κ1) is 12.5. The van der Waals surface area contributed by atoms with Crippen LogP contribution in [0.3, 0.4) is 0 Å². The smallest absolute Gasteiger partial charge is 0.138 e. The summed E-state index contributed by atoms with van der Waals surface area (Å²) in [6, 6.07) is 0. The van der Waals surface area contributed by atoms with Crippen LogP contribution in [0.5, 0.6) is 0 Å². The van der Waals surface area contributed by atoms with E-state index in [1.54, 1.807) is 13.4 Å². The van der Waals surface area contributed by atoms with Crippen molar-refractivity contribution in [3.63, 3.8) is 0 Å². The van der Waals surface area contributed by atoms with Crippen LogP contribution in [0.4, 0.5) is 0 Å². The molecule has 0 saturated heterocycles. The summed E-state index contributed by atoms with van der Waals surface area (Å²) in [4.78, 5) is 4.36. The minimum atomic E-state index is 0.424. The average Bonchev–Trinajstić information content (AvgIpc) is 2.95. The molecule has 1 aromatic heterocycles. The van der Waals surface area contributed by atoms with Gasteiger partial charge in [0.15, 0.2) is 0 Å². The Labute approximate surface area is 103 Å². The van der Waals surface area contributed by atoms with Crippen molar-refractivity contribution in [1.82, 2.24) is 20.1 Å². The van der Waals surface area contributed by atoms with Crippen LogP contribution in [0.15, 0.2) is 6.33 Å². The van der Waals surface area contributed by atoms with E-state index in [4.69, 9.17) is 4.74 Å². The molecule has 1 heterocycles. The first-order valence-electron chi connectivity index (χ1n) is 6.36. The van der Waals surface area contributed by atoms with Crippen LogP contribution in [0.25, 0.3) is 0 Å². The highest BCUT2D eigenvalue weighted by atomic mass is 16.5. The summed E-state index contributed by atoms with van der Waals surface area (Å²) in [5.74, 6) is 1.12. The van der Waals surface area contributed by atoms with E-state index in [0.29, 0.717) is 5.41 Å². The van der Waals surface area contributed by atoms with Crippen molar-refractivity contribution in [2.75, 3.05) is 26.8 Å². The Morgan fingerprint density at radius 2 is 2.35 bits per heavy atom. The zero-order chi connectivity index (χ0) is 12.1. The minimum absolute atomic E-state index is 0.424. The molecule has 5 nitrogen and oxygen atoms in total. The Kier molecular flexibility index (Phi) is 4.12. The highest BCUT2D eigenvalue weighted by molar-refractivity contribution is 5.03. The maximum Gasteiger partial charge on any atom is 0.138 e. The van der Waals surface area contributed by atoms with Gasteiger partial charge in [0.1, 0.15) is 12.2 Å². The van der Waals surface area contributed by atoms with Crippen molar-refractivity contribution < 1.29 is 4.74 Å². The first-order chi connectivity index (χ1) is 8.29. The molecule has 0 bridgehead atoms. The highest BCUT2D eigenvalue weighted by Gasteiger charge is 2.43. The van der Waals surface area contributed by atoms with E-state index in [2.05, 4.69) is 22.3 Å². The highest BCUT2D eigenvalue weighted by Crippen LogP contribution is 2.47. The van der Waals surface area contributed by atoms with Crippen LogP contribution >= 0.6 is 0 Å². The number of rotatable bonds is 8. The molecule has 0 spiro atoms. The fourth-order valence-corrected chi connectivity index (χ4v) is 2.15. The molecular formula is C12H22N4O. The Bertz CT molecular complexity index is 346. The van der Waals surface area contributed by atoms with Crippen LogP contribution in [-0.4, -0.2) is 41.6 Å². The van der Waals surface area contributed by atoms with Gasteiger partial charge in [-0.3, -0.25) is 4.68 Å². The van der Waals surface area contributed by atoms with Crippen LogP contribution in [0.2, 0.25) is 0 Å².